The number of nitrogens with two attached hydrogens (primary N) is 1. The van der Waals surface area contributed by atoms with Crippen molar-refractivity contribution in [1.82, 2.24) is 9.78 Å². The number of aromatic nitrogens is 2. The zero-order valence-electron chi connectivity index (χ0n) is 11.4. The highest BCUT2D eigenvalue weighted by atomic mass is 15.3. The summed E-state index contributed by atoms with van der Waals surface area (Å²) >= 11 is 0. The predicted octanol–water partition coefficient (Wildman–Crippen LogP) is 2.53. The molecule has 3 heteroatoms. The highest BCUT2D eigenvalue weighted by molar-refractivity contribution is 5.25. The minimum absolute atomic E-state index is 0.00426. The van der Waals surface area contributed by atoms with Crippen LogP contribution in [-0.4, -0.2) is 9.78 Å². The Hall–Kier alpha value is -1.61. The van der Waals surface area contributed by atoms with Crippen LogP contribution in [-0.2, 0) is 19.9 Å². The van der Waals surface area contributed by atoms with Crippen LogP contribution in [0.25, 0.3) is 0 Å². The van der Waals surface area contributed by atoms with Crippen molar-refractivity contribution in [3.63, 3.8) is 0 Å². The molecule has 1 aromatic heterocycles. The van der Waals surface area contributed by atoms with E-state index in [1.165, 1.54) is 11.1 Å². The van der Waals surface area contributed by atoms with E-state index in [0.29, 0.717) is 0 Å². The summed E-state index contributed by atoms with van der Waals surface area (Å²) in [6.07, 6.45) is 1.80. The standard InChI is InChI=1S/C15H21N3/c1-4-13-10-15(18(3)17-13)14(16)9-12-7-5-6-11(2)8-12/h5-8,10,14H,4,9,16H2,1-3H3. The van der Waals surface area contributed by atoms with E-state index in [9.17, 15) is 0 Å². The Labute approximate surface area is 109 Å². The van der Waals surface area contributed by atoms with Gasteiger partial charge in [-0.1, -0.05) is 36.8 Å². The van der Waals surface area contributed by atoms with E-state index in [1.54, 1.807) is 0 Å². The number of benzene rings is 1. The number of rotatable bonds is 4. The van der Waals surface area contributed by atoms with Gasteiger partial charge < -0.3 is 5.73 Å². The van der Waals surface area contributed by atoms with E-state index >= 15 is 0 Å². The maximum atomic E-state index is 6.29. The molecule has 0 aliphatic rings. The van der Waals surface area contributed by atoms with Gasteiger partial charge in [-0.2, -0.15) is 5.10 Å². The average Bonchev–Trinajstić information content (AvgIpc) is 2.70. The molecule has 0 aliphatic heterocycles. The lowest BCUT2D eigenvalue weighted by Crippen LogP contribution is -2.17. The smallest absolute Gasteiger partial charge is 0.0625 e. The number of nitrogens with zero attached hydrogens (tertiary/aromatic N) is 2. The van der Waals surface area contributed by atoms with Crippen molar-refractivity contribution in [3.8, 4) is 0 Å². The Morgan fingerprint density at radius 1 is 1.33 bits per heavy atom. The molecule has 0 aliphatic carbocycles. The van der Waals surface area contributed by atoms with Crippen LogP contribution in [0.2, 0.25) is 0 Å². The molecule has 0 bridgehead atoms. The van der Waals surface area contributed by atoms with Crippen molar-refractivity contribution in [2.24, 2.45) is 12.8 Å². The molecule has 2 rings (SSSR count). The molecule has 1 unspecified atom stereocenters. The summed E-state index contributed by atoms with van der Waals surface area (Å²) in [6.45, 7) is 4.21. The Bertz CT molecular complexity index is 528. The highest BCUT2D eigenvalue weighted by Crippen LogP contribution is 2.17. The third-order valence-corrected chi connectivity index (χ3v) is 3.25. The molecule has 0 saturated carbocycles. The zero-order valence-corrected chi connectivity index (χ0v) is 11.4. The molecular formula is C15H21N3. The molecule has 0 fully saturated rings. The van der Waals surface area contributed by atoms with Crippen LogP contribution in [0.4, 0.5) is 0 Å². The van der Waals surface area contributed by atoms with Gasteiger partial charge in [-0.25, -0.2) is 0 Å². The highest BCUT2D eigenvalue weighted by Gasteiger charge is 2.13. The molecule has 0 spiro atoms. The van der Waals surface area contributed by atoms with E-state index in [1.807, 2.05) is 11.7 Å². The molecule has 18 heavy (non-hydrogen) atoms. The zero-order chi connectivity index (χ0) is 13.1. The predicted molar refractivity (Wildman–Crippen MR) is 74.4 cm³/mol. The van der Waals surface area contributed by atoms with Crippen molar-refractivity contribution < 1.29 is 0 Å². The van der Waals surface area contributed by atoms with Crippen LogP contribution in [0.15, 0.2) is 30.3 Å². The van der Waals surface area contributed by atoms with Crippen molar-refractivity contribution in [3.05, 3.63) is 52.8 Å². The minimum atomic E-state index is 0.00426. The molecule has 2 aromatic rings. The topological polar surface area (TPSA) is 43.8 Å². The average molecular weight is 243 g/mol. The van der Waals surface area contributed by atoms with Gasteiger partial charge >= 0.3 is 0 Å². The first-order valence-electron chi connectivity index (χ1n) is 6.44. The summed E-state index contributed by atoms with van der Waals surface area (Å²) in [5.74, 6) is 0. The van der Waals surface area contributed by atoms with Gasteiger partial charge in [0.1, 0.15) is 0 Å². The van der Waals surface area contributed by atoms with E-state index < -0.39 is 0 Å². The van der Waals surface area contributed by atoms with Crippen LogP contribution in [0.5, 0.6) is 0 Å². The van der Waals surface area contributed by atoms with Gasteiger partial charge in [-0.05, 0) is 31.4 Å². The van der Waals surface area contributed by atoms with Gasteiger partial charge in [0.15, 0.2) is 0 Å². The van der Waals surface area contributed by atoms with Gasteiger partial charge in [0, 0.05) is 7.05 Å². The molecule has 1 heterocycles. The van der Waals surface area contributed by atoms with Gasteiger partial charge in [0.25, 0.3) is 0 Å². The Morgan fingerprint density at radius 3 is 2.72 bits per heavy atom. The van der Waals surface area contributed by atoms with Gasteiger partial charge in [0.2, 0.25) is 0 Å². The van der Waals surface area contributed by atoms with Gasteiger partial charge in [-0.3, -0.25) is 4.68 Å². The van der Waals surface area contributed by atoms with E-state index in [0.717, 1.165) is 24.2 Å². The van der Waals surface area contributed by atoms with E-state index in [2.05, 4.69) is 49.3 Å². The third kappa shape index (κ3) is 2.79. The molecule has 96 valence electrons. The Balaban J connectivity index is 2.16. The Kier molecular flexibility index (Phi) is 3.82. The molecule has 1 atom stereocenters. The summed E-state index contributed by atoms with van der Waals surface area (Å²) < 4.78 is 1.90. The third-order valence-electron chi connectivity index (χ3n) is 3.25. The summed E-state index contributed by atoms with van der Waals surface area (Å²) in [4.78, 5) is 0. The van der Waals surface area contributed by atoms with Gasteiger partial charge in [-0.15, -0.1) is 0 Å². The van der Waals surface area contributed by atoms with Crippen molar-refractivity contribution >= 4 is 0 Å². The van der Waals surface area contributed by atoms with Crippen molar-refractivity contribution in [2.45, 2.75) is 32.7 Å². The summed E-state index contributed by atoms with van der Waals surface area (Å²) in [5.41, 5.74) is 11.1. The molecule has 1 aromatic carbocycles. The Morgan fingerprint density at radius 2 is 2.11 bits per heavy atom. The first kappa shape index (κ1) is 12.8. The molecular weight excluding hydrogens is 222 g/mol. The van der Waals surface area contributed by atoms with Crippen LogP contribution >= 0.6 is 0 Å². The van der Waals surface area contributed by atoms with E-state index in [4.69, 9.17) is 5.73 Å². The number of hydrogen-bond donors (Lipinski definition) is 1. The first-order chi connectivity index (χ1) is 8.60. The maximum Gasteiger partial charge on any atom is 0.0625 e. The van der Waals surface area contributed by atoms with Crippen LogP contribution in [0.1, 0.15) is 35.5 Å². The first-order valence-corrected chi connectivity index (χ1v) is 6.44. The lowest BCUT2D eigenvalue weighted by atomic mass is 10.0. The molecule has 0 radical (unpaired) electrons. The lowest BCUT2D eigenvalue weighted by Gasteiger charge is -2.12. The fourth-order valence-electron chi connectivity index (χ4n) is 2.26. The summed E-state index contributed by atoms with van der Waals surface area (Å²) in [6, 6.07) is 10.6. The second-order valence-corrected chi connectivity index (χ2v) is 4.84. The second kappa shape index (κ2) is 5.36. The second-order valence-electron chi connectivity index (χ2n) is 4.84. The monoisotopic (exact) mass is 243 g/mol. The van der Waals surface area contributed by atoms with Crippen molar-refractivity contribution in [2.75, 3.05) is 0 Å². The number of aryl methyl sites for hydroxylation is 3. The van der Waals surface area contributed by atoms with Crippen LogP contribution < -0.4 is 5.73 Å². The molecule has 0 saturated heterocycles. The normalized spacial score (nSPS) is 12.7. The van der Waals surface area contributed by atoms with Crippen LogP contribution in [0, 0.1) is 6.92 Å². The van der Waals surface area contributed by atoms with Crippen LogP contribution in [0.3, 0.4) is 0 Å². The fourth-order valence-corrected chi connectivity index (χ4v) is 2.26. The quantitative estimate of drug-likeness (QED) is 0.896. The molecule has 2 N–H and O–H groups in total. The number of hydrogen-bond acceptors (Lipinski definition) is 2. The van der Waals surface area contributed by atoms with E-state index in [-0.39, 0.29) is 6.04 Å². The lowest BCUT2D eigenvalue weighted by molar-refractivity contribution is 0.614. The summed E-state index contributed by atoms with van der Waals surface area (Å²) in [5, 5.41) is 4.45. The van der Waals surface area contributed by atoms with Crippen molar-refractivity contribution in [1.29, 1.82) is 0 Å². The SMILES string of the molecule is CCc1cc(C(N)Cc2cccc(C)c2)n(C)n1. The fraction of sp³-hybridized carbons (Fsp3) is 0.400. The maximum absolute atomic E-state index is 6.29. The largest absolute Gasteiger partial charge is 0.322 e. The van der Waals surface area contributed by atoms with Gasteiger partial charge in [0.05, 0.1) is 17.4 Å². The minimum Gasteiger partial charge on any atom is -0.322 e. The summed E-state index contributed by atoms with van der Waals surface area (Å²) in [7, 11) is 1.96. The molecule has 3 nitrogen and oxygen atoms in total. The molecule has 0 amide bonds.